The Kier molecular flexibility index (Phi) is 4.04. The van der Waals surface area contributed by atoms with Gasteiger partial charge in [0.2, 0.25) is 0 Å². The molecule has 56 valence electrons. The van der Waals surface area contributed by atoms with Crippen LogP contribution in [-0.4, -0.2) is 17.1 Å². The predicted molar refractivity (Wildman–Crippen MR) is 39.6 cm³/mol. The maximum Gasteiger partial charge on any atom is 0.326 e. The molecule has 0 rings (SSSR count). The number of carboxylic acids is 1. The van der Waals surface area contributed by atoms with E-state index in [1.165, 1.54) is 6.20 Å². The fourth-order valence-electron chi connectivity index (χ4n) is 0.549. The van der Waals surface area contributed by atoms with Crippen molar-refractivity contribution in [3.8, 4) is 0 Å². The minimum absolute atomic E-state index is 0.404. The number of hydrogen-bond donors (Lipinski definition) is 2. The molecule has 0 amide bonds. The van der Waals surface area contributed by atoms with Crippen molar-refractivity contribution in [3.05, 3.63) is 25.4 Å². The summed E-state index contributed by atoms with van der Waals surface area (Å²) in [4.78, 5) is 10.3. The molecule has 0 spiro atoms. The largest absolute Gasteiger partial charge is 0.480 e. The molecule has 0 aromatic carbocycles. The fraction of sp³-hybridized carbons (Fsp3) is 0.286. The van der Waals surface area contributed by atoms with Gasteiger partial charge in [-0.15, -0.1) is 6.58 Å². The monoisotopic (exact) mass is 141 g/mol. The van der Waals surface area contributed by atoms with E-state index < -0.39 is 12.0 Å². The van der Waals surface area contributed by atoms with E-state index >= 15 is 0 Å². The molecule has 0 aliphatic heterocycles. The summed E-state index contributed by atoms with van der Waals surface area (Å²) in [5.41, 5.74) is 0. The van der Waals surface area contributed by atoms with Crippen molar-refractivity contribution < 1.29 is 9.90 Å². The number of rotatable bonds is 5. The summed E-state index contributed by atoms with van der Waals surface area (Å²) in [5.74, 6) is -0.889. The van der Waals surface area contributed by atoms with Gasteiger partial charge in [0.25, 0.3) is 0 Å². The lowest BCUT2D eigenvalue weighted by molar-refractivity contribution is -0.139. The van der Waals surface area contributed by atoms with Crippen LogP contribution in [-0.2, 0) is 4.79 Å². The van der Waals surface area contributed by atoms with E-state index in [-0.39, 0.29) is 0 Å². The molecule has 3 heteroatoms. The molecule has 2 N–H and O–H groups in total. The summed E-state index contributed by atoms with van der Waals surface area (Å²) in [6.07, 6.45) is 3.32. The highest BCUT2D eigenvalue weighted by Crippen LogP contribution is 1.91. The smallest absolute Gasteiger partial charge is 0.326 e. The number of carboxylic acid groups (broad SMARTS) is 1. The third kappa shape index (κ3) is 2.91. The van der Waals surface area contributed by atoms with Gasteiger partial charge in [0.1, 0.15) is 6.04 Å². The van der Waals surface area contributed by atoms with Gasteiger partial charge < -0.3 is 10.4 Å². The van der Waals surface area contributed by atoms with Gasteiger partial charge in [0.05, 0.1) is 0 Å². The van der Waals surface area contributed by atoms with E-state index in [9.17, 15) is 4.79 Å². The lowest BCUT2D eigenvalue weighted by atomic mass is 10.2. The van der Waals surface area contributed by atoms with E-state index in [1.807, 2.05) is 0 Å². The Labute approximate surface area is 60.1 Å². The zero-order valence-corrected chi connectivity index (χ0v) is 5.71. The molecule has 0 bridgehead atoms. The van der Waals surface area contributed by atoms with Crippen molar-refractivity contribution in [2.75, 3.05) is 0 Å². The zero-order chi connectivity index (χ0) is 7.98. The van der Waals surface area contributed by atoms with E-state index in [1.54, 1.807) is 6.08 Å². The summed E-state index contributed by atoms with van der Waals surface area (Å²) in [7, 11) is 0. The third-order valence-corrected chi connectivity index (χ3v) is 1.02. The van der Waals surface area contributed by atoms with Crippen molar-refractivity contribution >= 4 is 5.97 Å². The van der Waals surface area contributed by atoms with Crippen LogP contribution >= 0.6 is 0 Å². The van der Waals surface area contributed by atoms with Gasteiger partial charge in [-0.3, -0.25) is 0 Å². The molecule has 0 aromatic heterocycles. The topological polar surface area (TPSA) is 49.3 Å². The molecular weight excluding hydrogens is 130 g/mol. The second-order valence-corrected chi connectivity index (χ2v) is 1.79. The van der Waals surface area contributed by atoms with Crippen molar-refractivity contribution in [3.63, 3.8) is 0 Å². The molecule has 0 aliphatic rings. The quantitative estimate of drug-likeness (QED) is 0.555. The highest BCUT2D eigenvalue weighted by Gasteiger charge is 2.11. The molecule has 1 unspecified atom stereocenters. The number of hydrogen-bond acceptors (Lipinski definition) is 2. The summed E-state index contributed by atoms with van der Waals surface area (Å²) in [5, 5.41) is 11.1. The van der Waals surface area contributed by atoms with Crippen LogP contribution in [0.25, 0.3) is 0 Å². The van der Waals surface area contributed by atoms with Gasteiger partial charge in [0.15, 0.2) is 0 Å². The Morgan fingerprint density at radius 3 is 2.60 bits per heavy atom. The number of carbonyl (C=O) groups is 1. The van der Waals surface area contributed by atoms with Crippen LogP contribution in [0, 0.1) is 0 Å². The second-order valence-electron chi connectivity index (χ2n) is 1.79. The van der Waals surface area contributed by atoms with Crippen molar-refractivity contribution in [2.24, 2.45) is 0 Å². The van der Waals surface area contributed by atoms with Crippen LogP contribution in [0.3, 0.4) is 0 Å². The van der Waals surface area contributed by atoms with Crippen LogP contribution in [0.15, 0.2) is 25.4 Å². The molecule has 0 radical (unpaired) electrons. The number of nitrogens with one attached hydrogen (secondary N) is 1. The Hall–Kier alpha value is -1.25. The molecule has 0 saturated heterocycles. The molecule has 10 heavy (non-hydrogen) atoms. The van der Waals surface area contributed by atoms with Gasteiger partial charge >= 0.3 is 5.97 Å². The molecule has 0 saturated carbocycles. The van der Waals surface area contributed by atoms with Crippen LogP contribution in [0.1, 0.15) is 6.42 Å². The summed E-state index contributed by atoms with van der Waals surface area (Å²) < 4.78 is 0. The third-order valence-electron chi connectivity index (χ3n) is 1.02. The Balaban J connectivity index is 3.83. The SMILES string of the molecule is C=CCC(NC=C)C(=O)O. The van der Waals surface area contributed by atoms with Crippen molar-refractivity contribution in [1.82, 2.24) is 5.32 Å². The first-order valence-corrected chi connectivity index (χ1v) is 2.93. The highest BCUT2D eigenvalue weighted by molar-refractivity contribution is 5.73. The first kappa shape index (κ1) is 8.75. The van der Waals surface area contributed by atoms with Crippen molar-refractivity contribution in [2.45, 2.75) is 12.5 Å². The highest BCUT2D eigenvalue weighted by atomic mass is 16.4. The van der Waals surface area contributed by atoms with Gasteiger partial charge in [-0.25, -0.2) is 4.79 Å². The van der Waals surface area contributed by atoms with Crippen molar-refractivity contribution in [1.29, 1.82) is 0 Å². The van der Waals surface area contributed by atoms with E-state index in [0.717, 1.165) is 0 Å². The minimum Gasteiger partial charge on any atom is -0.480 e. The Morgan fingerprint density at radius 2 is 2.30 bits per heavy atom. The Morgan fingerprint density at radius 1 is 1.70 bits per heavy atom. The fourth-order valence-corrected chi connectivity index (χ4v) is 0.549. The predicted octanol–water partition coefficient (Wildman–Crippen LogP) is 0.749. The maximum absolute atomic E-state index is 10.3. The minimum atomic E-state index is -0.889. The van der Waals surface area contributed by atoms with E-state index in [2.05, 4.69) is 18.5 Å². The number of aliphatic carboxylic acids is 1. The van der Waals surface area contributed by atoms with Crippen LogP contribution < -0.4 is 5.32 Å². The van der Waals surface area contributed by atoms with Gasteiger partial charge in [-0.05, 0) is 12.6 Å². The molecule has 0 fully saturated rings. The average Bonchev–Trinajstić information content (AvgIpc) is 1.87. The van der Waals surface area contributed by atoms with Gasteiger partial charge in [0, 0.05) is 0 Å². The van der Waals surface area contributed by atoms with Crippen LogP contribution in [0.2, 0.25) is 0 Å². The standard InChI is InChI=1S/C7H11NO2/c1-3-5-6(7(9)10)8-4-2/h3-4,6,8H,1-2,5H2,(H,9,10). The average molecular weight is 141 g/mol. The molecule has 0 aromatic rings. The van der Waals surface area contributed by atoms with Crippen LogP contribution in [0.4, 0.5) is 0 Å². The zero-order valence-electron chi connectivity index (χ0n) is 5.71. The first-order valence-electron chi connectivity index (χ1n) is 2.93. The summed E-state index contributed by atoms with van der Waals surface area (Å²) in [6, 6.07) is -0.588. The normalized spacial score (nSPS) is 11.6. The Bertz CT molecular complexity index is 133. The first-order chi connectivity index (χ1) is 4.72. The lowest BCUT2D eigenvalue weighted by Gasteiger charge is -2.08. The van der Waals surface area contributed by atoms with Gasteiger partial charge in [-0.2, -0.15) is 0 Å². The van der Waals surface area contributed by atoms with E-state index in [0.29, 0.717) is 6.42 Å². The molecule has 0 aliphatic carbocycles. The lowest BCUT2D eigenvalue weighted by Crippen LogP contribution is -2.32. The second kappa shape index (κ2) is 4.61. The maximum atomic E-state index is 10.3. The van der Waals surface area contributed by atoms with E-state index in [4.69, 9.17) is 5.11 Å². The molecule has 1 atom stereocenters. The molecule has 3 nitrogen and oxygen atoms in total. The van der Waals surface area contributed by atoms with Gasteiger partial charge in [-0.1, -0.05) is 12.7 Å². The molecule has 0 heterocycles. The molecular formula is C7H11NO2. The van der Waals surface area contributed by atoms with Crippen LogP contribution in [0.5, 0.6) is 0 Å². The summed E-state index contributed by atoms with van der Waals surface area (Å²) in [6.45, 7) is 6.78. The summed E-state index contributed by atoms with van der Waals surface area (Å²) >= 11 is 0.